The Kier molecular flexibility index (Phi) is 2.95. The highest BCUT2D eigenvalue weighted by Crippen LogP contribution is 2.47. The number of aromatic amines is 1. The molecule has 1 aliphatic carbocycles. The van der Waals surface area contributed by atoms with Gasteiger partial charge in [-0.15, -0.1) is 0 Å². The number of carbonyl (C=O) groups excluding carboxylic acids is 1. The first kappa shape index (κ1) is 11.8. The van der Waals surface area contributed by atoms with Gasteiger partial charge in [-0.3, -0.25) is 4.79 Å². The molecule has 1 aliphatic rings. The number of hydrazone groups is 1. The summed E-state index contributed by atoms with van der Waals surface area (Å²) in [7, 11) is 0. The third-order valence-electron chi connectivity index (χ3n) is 3.32. The van der Waals surface area contributed by atoms with Crippen molar-refractivity contribution in [1.29, 1.82) is 0 Å². The van der Waals surface area contributed by atoms with Gasteiger partial charge in [0.2, 0.25) is 0 Å². The SMILES string of the molecule is C[C@H]1C[C@@H]1c1ccc(/C=N\NC(=O)c2ccc[nH]2)o1. The fraction of sp³-hybridized carbons (Fsp3) is 0.286. The van der Waals surface area contributed by atoms with Crippen LogP contribution in [-0.2, 0) is 0 Å². The molecule has 2 heterocycles. The van der Waals surface area contributed by atoms with Crippen molar-refractivity contribution in [3.63, 3.8) is 0 Å². The molecular formula is C14H15N3O2. The van der Waals surface area contributed by atoms with Crippen LogP contribution in [0.2, 0.25) is 0 Å². The maximum Gasteiger partial charge on any atom is 0.287 e. The van der Waals surface area contributed by atoms with Crippen LogP contribution in [0.4, 0.5) is 0 Å². The second kappa shape index (κ2) is 4.76. The Bertz CT molecular complexity index is 598. The van der Waals surface area contributed by atoms with Crippen LogP contribution >= 0.6 is 0 Å². The van der Waals surface area contributed by atoms with Gasteiger partial charge < -0.3 is 9.40 Å². The molecule has 1 fully saturated rings. The Morgan fingerprint density at radius 1 is 1.53 bits per heavy atom. The molecule has 2 aromatic rings. The van der Waals surface area contributed by atoms with Crippen LogP contribution in [0.5, 0.6) is 0 Å². The Hall–Kier alpha value is -2.30. The zero-order valence-corrected chi connectivity index (χ0v) is 10.6. The maximum atomic E-state index is 11.6. The van der Waals surface area contributed by atoms with E-state index in [4.69, 9.17) is 4.42 Å². The van der Waals surface area contributed by atoms with Crippen molar-refractivity contribution in [3.05, 3.63) is 47.7 Å². The number of amides is 1. The molecule has 5 nitrogen and oxygen atoms in total. The molecule has 98 valence electrons. The molecule has 1 amide bonds. The summed E-state index contributed by atoms with van der Waals surface area (Å²) in [6, 6.07) is 7.28. The molecule has 19 heavy (non-hydrogen) atoms. The summed E-state index contributed by atoms with van der Waals surface area (Å²) in [5.74, 6) is 2.65. The lowest BCUT2D eigenvalue weighted by atomic mass is 10.3. The lowest BCUT2D eigenvalue weighted by Crippen LogP contribution is -2.17. The molecular weight excluding hydrogens is 242 g/mol. The average molecular weight is 257 g/mol. The molecule has 0 aliphatic heterocycles. The molecule has 3 rings (SSSR count). The molecule has 2 N–H and O–H groups in total. The van der Waals surface area contributed by atoms with E-state index in [0.29, 0.717) is 23.3 Å². The normalized spacial score (nSPS) is 21.7. The van der Waals surface area contributed by atoms with Gasteiger partial charge in [-0.25, -0.2) is 5.43 Å². The third-order valence-corrected chi connectivity index (χ3v) is 3.32. The zero-order valence-electron chi connectivity index (χ0n) is 10.6. The molecule has 0 radical (unpaired) electrons. The second-order valence-corrected chi connectivity index (χ2v) is 4.84. The van der Waals surface area contributed by atoms with Crippen LogP contribution in [0.25, 0.3) is 0 Å². The largest absolute Gasteiger partial charge is 0.460 e. The molecule has 0 bridgehead atoms. The quantitative estimate of drug-likeness (QED) is 0.652. The van der Waals surface area contributed by atoms with Gasteiger partial charge in [0.05, 0.1) is 6.21 Å². The van der Waals surface area contributed by atoms with E-state index in [0.717, 1.165) is 5.76 Å². The number of hydrogen-bond donors (Lipinski definition) is 2. The molecule has 0 saturated heterocycles. The van der Waals surface area contributed by atoms with Gasteiger partial charge in [-0.05, 0) is 36.6 Å². The Morgan fingerprint density at radius 2 is 2.37 bits per heavy atom. The monoisotopic (exact) mass is 257 g/mol. The molecule has 2 atom stereocenters. The minimum atomic E-state index is -0.274. The number of furan rings is 1. The fourth-order valence-electron chi connectivity index (χ4n) is 2.04. The summed E-state index contributed by atoms with van der Waals surface area (Å²) in [6.07, 6.45) is 4.39. The van der Waals surface area contributed by atoms with Crippen molar-refractivity contribution >= 4 is 12.1 Å². The smallest absolute Gasteiger partial charge is 0.287 e. The van der Waals surface area contributed by atoms with E-state index in [1.807, 2.05) is 12.1 Å². The Labute approximate surface area is 110 Å². The lowest BCUT2D eigenvalue weighted by Gasteiger charge is -1.95. The first-order chi connectivity index (χ1) is 9.24. The maximum absolute atomic E-state index is 11.6. The van der Waals surface area contributed by atoms with E-state index in [1.165, 1.54) is 12.6 Å². The lowest BCUT2D eigenvalue weighted by molar-refractivity contribution is 0.0951. The predicted octanol–water partition coefficient (Wildman–Crippen LogP) is 2.50. The standard InChI is InChI=1S/C14H15N3O2/c1-9-7-11(9)13-5-4-10(19-13)8-16-17-14(18)12-3-2-6-15-12/h2-6,8-9,11,15H,7H2,1H3,(H,17,18)/b16-8-/t9-,11-/m0/s1. The van der Waals surface area contributed by atoms with Gasteiger partial charge in [0, 0.05) is 12.1 Å². The minimum Gasteiger partial charge on any atom is -0.460 e. The summed E-state index contributed by atoms with van der Waals surface area (Å²) in [5, 5.41) is 3.87. The Morgan fingerprint density at radius 3 is 3.05 bits per heavy atom. The summed E-state index contributed by atoms with van der Waals surface area (Å²) in [4.78, 5) is 14.4. The van der Waals surface area contributed by atoms with Crippen LogP contribution < -0.4 is 5.43 Å². The number of nitrogens with one attached hydrogen (secondary N) is 2. The number of carbonyl (C=O) groups is 1. The number of rotatable bonds is 4. The van der Waals surface area contributed by atoms with Gasteiger partial charge in [-0.2, -0.15) is 5.10 Å². The summed E-state index contributed by atoms with van der Waals surface area (Å²) < 4.78 is 5.64. The van der Waals surface area contributed by atoms with Crippen LogP contribution in [0.3, 0.4) is 0 Å². The molecule has 2 aromatic heterocycles. The summed E-state index contributed by atoms with van der Waals surface area (Å²) in [5.41, 5.74) is 2.91. The van der Waals surface area contributed by atoms with Gasteiger partial charge >= 0.3 is 0 Å². The zero-order chi connectivity index (χ0) is 13.2. The highest BCUT2D eigenvalue weighted by molar-refractivity contribution is 5.92. The molecule has 5 heteroatoms. The van der Waals surface area contributed by atoms with Crippen LogP contribution in [0, 0.1) is 5.92 Å². The van der Waals surface area contributed by atoms with E-state index >= 15 is 0 Å². The Balaban J connectivity index is 1.57. The van der Waals surface area contributed by atoms with Gasteiger partial charge in [0.1, 0.15) is 17.2 Å². The van der Waals surface area contributed by atoms with Crippen LogP contribution in [-0.4, -0.2) is 17.1 Å². The fourth-order valence-corrected chi connectivity index (χ4v) is 2.04. The number of aromatic nitrogens is 1. The minimum absolute atomic E-state index is 0.274. The van der Waals surface area contributed by atoms with Crippen molar-refractivity contribution in [3.8, 4) is 0 Å². The second-order valence-electron chi connectivity index (χ2n) is 4.84. The van der Waals surface area contributed by atoms with Crippen molar-refractivity contribution in [2.75, 3.05) is 0 Å². The van der Waals surface area contributed by atoms with Crippen molar-refractivity contribution in [1.82, 2.24) is 10.4 Å². The first-order valence-corrected chi connectivity index (χ1v) is 6.30. The van der Waals surface area contributed by atoms with Crippen LogP contribution in [0.1, 0.15) is 41.3 Å². The molecule has 0 spiro atoms. The van der Waals surface area contributed by atoms with E-state index in [-0.39, 0.29) is 5.91 Å². The van der Waals surface area contributed by atoms with E-state index in [2.05, 4.69) is 22.4 Å². The van der Waals surface area contributed by atoms with Gasteiger partial charge in [0.25, 0.3) is 5.91 Å². The van der Waals surface area contributed by atoms with Gasteiger partial charge in [-0.1, -0.05) is 6.92 Å². The highest BCUT2D eigenvalue weighted by Gasteiger charge is 2.36. The van der Waals surface area contributed by atoms with Crippen molar-refractivity contribution in [2.45, 2.75) is 19.3 Å². The molecule has 0 aromatic carbocycles. The number of H-pyrrole nitrogens is 1. The average Bonchev–Trinajstić information content (AvgIpc) is 2.90. The molecule has 1 saturated carbocycles. The number of nitrogens with zero attached hydrogens (tertiary/aromatic N) is 1. The van der Waals surface area contributed by atoms with E-state index in [9.17, 15) is 4.79 Å². The van der Waals surface area contributed by atoms with Crippen molar-refractivity contribution in [2.24, 2.45) is 11.0 Å². The van der Waals surface area contributed by atoms with Crippen LogP contribution in [0.15, 0.2) is 40.0 Å². The molecule has 0 unspecified atom stereocenters. The predicted molar refractivity (Wildman–Crippen MR) is 71.1 cm³/mol. The first-order valence-electron chi connectivity index (χ1n) is 6.30. The number of hydrogen-bond acceptors (Lipinski definition) is 3. The highest BCUT2D eigenvalue weighted by atomic mass is 16.3. The third kappa shape index (κ3) is 2.59. The summed E-state index contributed by atoms with van der Waals surface area (Å²) in [6.45, 7) is 2.21. The van der Waals surface area contributed by atoms with E-state index < -0.39 is 0 Å². The van der Waals surface area contributed by atoms with Gasteiger partial charge in [0.15, 0.2) is 0 Å². The topological polar surface area (TPSA) is 70.4 Å². The van der Waals surface area contributed by atoms with Crippen molar-refractivity contribution < 1.29 is 9.21 Å². The summed E-state index contributed by atoms with van der Waals surface area (Å²) >= 11 is 0. The van der Waals surface area contributed by atoms with E-state index in [1.54, 1.807) is 18.3 Å².